The van der Waals surface area contributed by atoms with Crippen LogP contribution in [0.1, 0.15) is 24.0 Å². The van der Waals surface area contributed by atoms with Crippen molar-refractivity contribution in [1.82, 2.24) is 10.2 Å². The van der Waals surface area contributed by atoms with Gasteiger partial charge in [-0.2, -0.15) is 0 Å². The minimum atomic E-state index is -0.335. The van der Waals surface area contributed by atoms with Crippen LogP contribution in [0, 0.1) is 5.92 Å². The second-order valence-corrected chi connectivity index (χ2v) is 5.31. The molecule has 2 amide bonds. The van der Waals surface area contributed by atoms with E-state index in [9.17, 15) is 9.59 Å². The number of nitrogens with two attached hydrogens (primary N) is 1. The maximum absolute atomic E-state index is 11.6. The second kappa shape index (κ2) is 6.05. The molecule has 0 aromatic heterocycles. The lowest BCUT2D eigenvalue weighted by Crippen LogP contribution is -2.30. The molecule has 2 rings (SSSR count). The summed E-state index contributed by atoms with van der Waals surface area (Å²) in [7, 11) is 1.89. The van der Waals surface area contributed by atoms with Crippen molar-refractivity contribution < 1.29 is 9.59 Å². The zero-order chi connectivity index (χ0) is 14.7. The van der Waals surface area contributed by atoms with Crippen LogP contribution in [0.15, 0.2) is 24.3 Å². The molecule has 1 aromatic carbocycles. The number of amides is 2. The molecule has 108 valence electrons. The van der Waals surface area contributed by atoms with E-state index in [1.165, 1.54) is 6.92 Å². The molecule has 1 aliphatic rings. The smallest absolute Gasteiger partial charge is 0.223 e. The zero-order valence-corrected chi connectivity index (χ0v) is 11.9. The van der Waals surface area contributed by atoms with E-state index >= 15 is 0 Å². The van der Waals surface area contributed by atoms with Gasteiger partial charge in [0.1, 0.15) is 0 Å². The Hall–Kier alpha value is -1.88. The summed E-state index contributed by atoms with van der Waals surface area (Å²) in [5, 5.41) is 3.11. The molecule has 1 fully saturated rings. The number of hydrogen-bond acceptors (Lipinski definition) is 3. The molecular formula is C15H21N3O2. The van der Waals surface area contributed by atoms with Crippen molar-refractivity contribution in [3.8, 4) is 0 Å². The molecule has 3 N–H and O–H groups in total. The Bertz CT molecular complexity index is 516. The summed E-state index contributed by atoms with van der Waals surface area (Å²) in [5.41, 5.74) is 7.73. The average Bonchev–Trinajstić information content (AvgIpc) is 2.85. The van der Waals surface area contributed by atoms with Crippen LogP contribution >= 0.6 is 0 Å². The lowest BCUT2D eigenvalue weighted by Gasteiger charge is -2.16. The van der Waals surface area contributed by atoms with Crippen molar-refractivity contribution >= 4 is 11.8 Å². The predicted molar refractivity (Wildman–Crippen MR) is 76.9 cm³/mol. The molecular weight excluding hydrogens is 254 g/mol. The standard InChI is InChI=1S/C15H21N3O2/c1-10(19)18-8-13(14(9-18)15(16)20)12-5-3-4-11(6-12)7-17-2/h3-6,13-14,17H,7-9H2,1-2H3,(H2,16,20)/t13-,14+/m0/s1. The number of carbonyl (C=O) groups excluding carboxylic acids is 2. The average molecular weight is 275 g/mol. The highest BCUT2D eigenvalue weighted by molar-refractivity contribution is 5.81. The summed E-state index contributed by atoms with van der Waals surface area (Å²) in [6, 6.07) is 8.11. The van der Waals surface area contributed by atoms with Crippen molar-refractivity contribution in [2.24, 2.45) is 11.7 Å². The monoisotopic (exact) mass is 275 g/mol. The third kappa shape index (κ3) is 2.99. The van der Waals surface area contributed by atoms with E-state index in [0.29, 0.717) is 13.1 Å². The van der Waals surface area contributed by atoms with E-state index in [1.807, 2.05) is 25.2 Å². The van der Waals surface area contributed by atoms with Crippen LogP contribution in [0.3, 0.4) is 0 Å². The van der Waals surface area contributed by atoms with E-state index in [0.717, 1.165) is 17.7 Å². The molecule has 1 saturated heterocycles. The first kappa shape index (κ1) is 14.5. The maximum Gasteiger partial charge on any atom is 0.223 e. The Morgan fingerprint density at radius 3 is 2.75 bits per heavy atom. The second-order valence-electron chi connectivity index (χ2n) is 5.31. The Morgan fingerprint density at radius 2 is 2.15 bits per heavy atom. The first-order valence-electron chi connectivity index (χ1n) is 6.81. The van der Waals surface area contributed by atoms with Crippen LogP contribution < -0.4 is 11.1 Å². The van der Waals surface area contributed by atoms with Crippen molar-refractivity contribution in [1.29, 1.82) is 0 Å². The molecule has 5 heteroatoms. The van der Waals surface area contributed by atoms with Crippen molar-refractivity contribution in [3.05, 3.63) is 35.4 Å². The number of rotatable bonds is 4. The van der Waals surface area contributed by atoms with E-state index < -0.39 is 0 Å². The lowest BCUT2D eigenvalue weighted by molar-refractivity contribution is -0.128. The van der Waals surface area contributed by atoms with Gasteiger partial charge in [-0.15, -0.1) is 0 Å². The highest BCUT2D eigenvalue weighted by atomic mass is 16.2. The third-order valence-electron chi connectivity index (χ3n) is 3.89. The van der Waals surface area contributed by atoms with E-state index in [4.69, 9.17) is 5.73 Å². The predicted octanol–water partition coefficient (Wildman–Crippen LogP) is 0.453. The lowest BCUT2D eigenvalue weighted by atomic mass is 9.88. The number of benzene rings is 1. The molecule has 1 aromatic rings. The third-order valence-corrected chi connectivity index (χ3v) is 3.89. The Labute approximate surface area is 119 Å². The van der Waals surface area contributed by atoms with Gasteiger partial charge >= 0.3 is 0 Å². The van der Waals surface area contributed by atoms with Crippen LogP contribution in [-0.4, -0.2) is 36.9 Å². The number of likely N-dealkylation sites (tertiary alicyclic amines) is 1. The van der Waals surface area contributed by atoms with Gasteiger partial charge in [0, 0.05) is 32.5 Å². The first-order chi connectivity index (χ1) is 9.52. The molecule has 5 nitrogen and oxygen atoms in total. The van der Waals surface area contributed by atoms with Gasteiger partial charge in [-0.1, -0.05) is 24.3 Å². The van der Waals surface area contributed by atoms with E-state index in [2.05, 4.69) is 11.4 Å². The minimum absolute atomic E-state index is 0.00629. The largest absolute Gasteiger partial charge is 0.369 e. The molecule has 0 unspecified atom stereocenters. The summed E-state index contributed by atoms with van der Waals surface area (Å²) in [4.78, 5) is 24.9. The molecule has 1 heterocycles. The fourth-order valence-electron chi connectivity index (χ4n) is 2.82. The summed E-state index contributed by atoms with van der Waals surface area (Å²) in [6.45, 7) is 3.29. The summed E-state index contributed by atoms with van der Waals surface area (Å²) < 4.78 is 0. The normalized spacial score (nSPS) is 22.0. The van der Waals surface area contributed by atoms with Crippen molar-refractivity contribution in [2.75, 3.05) is 20.1 Å². The molecule has 0 bridgehead atoms. The zero-order valence-electron chi connectivity index (χ0n) is 11.9. The van der Waals surface area contributed by atoms with Gasteiger partial charge in [0.2, 0.25) is 11.8 Å². The van der Waals surface area contributed by atoms with Gasteiger partial charge < -0.3 is 16.0 Å². The number of nitrogens with zero attached hydrogens (tertiary/aromatic N) is 1. The topological polar surface area (TPSA) is 75.4 Å². The fourth-order valence-corrected chi connectivity index (χ4v) is 2.82. The summed E-state index contributed by atoms with van der Waals surface area (Å²) >= 11 is 0. The minimum Gasteiger partial charge on any atom is -0.369 e. The summed E-state index contributed by atoms with van der Waals surface area (Å²) in [5.74, 6) is -0.653. The van der Waals surface area contributed by atoms with Gasteiger partial charge in [0.15, 0.2) is 0 Å². The Morgan fingerprint density at radius 1 is 1.40 bits per heavy atom. The van der Waals surface area contributed by atoms with Crippen LogP contribution in [0.2, 0.25) is 0 Å². The van der Waals surface area contributed by atoms with E-state index in [1.54, 1.807) is 4.90 Å². The van der Waals surface area contributed by atoms with Gasteiger partial charge in [-0.05, 0) is 18.2 Å². The quantitative estimate of drug-likeness (QED) is 0.838. The summed E-state index contributed by atoms with van der Waals surface area (Å²) in [6.07, 6.45) is 0. The number of primary amides is 1. The molecule has 2 atom stereocenters. The molecule has 0 aliphatic carbocycles. The van der Waals surface area contributed by atoms with Gasteiger partial charge in [-0.3, -0.25) is 9.59 Å². The van der Waals surface area contributed by atoms with Gasteiger partial charge in [-0.25, -0.2) is 0 Å². The van der Waals surface area contributed by atoms with Crippen molar-refractivity contribution in [3.63, 3.8) is 0 Å². The van der Waals surface area contributed by atoms with Crippen LogP contribution in [-0.2, 0) is 16.1 Å². The highest BCUT2D eigenvalue weighted by Gasteiger charge is 2.38. The maximum atomic E-state index is 11.6. The number of hydrogen-bond donors (Lipinski definition) is 2. The first-order valence-corrected chi connectivity index (χ1v) is 6.81. The van der Waals surface area contributed by atoms with Crippen LogP contribution in [0.5, 0.6) is 0 Å². The molecule has 20 heavy (non-hydrogen) atoms. The Balaban J connectivity index is 2.26. The SMILES string of the molecule is CNCc1cccc([C@@H]2CN(C(C)=O)C[C@H]2C(N)=O)c1. The van der Waals surface area contributed by atoms with Crippen LogP contribution in [0.4, 0.5) is 0 Å². The van der Waals surface area contributed by atoms with E-state index in [-0.39, 0.29) is 23.7 Å². The van der Waals surface area contributed by atoms with Crippen molar-refractivity contribution in [2.45, 2.75) is 19.4 Å². The van der Waals surface area contributed by atoms with Gasteiger partial charge in [0.25, 0.3) is 0 Å². The Kier molecular flexibility index (Phi) is 4.39. The van der Waals surface area contributed by atoms with Gasteiger partial charge in [0.05, 0.1) is 5.92 Å². The number of nitrogens with one attached hydrogen (secondary N) is 1. The molecule has 0 spiro atoms. The highest BCUT2D eigenvalue weighted by Crippen LogP contribution is 2.33. The number of carbonyl (C=O) groups is 2. The molecule has 1 aliphatic heterocycles. The fraction of sp³-hybridized carbons (Fsp3) is 0.467. The van der Waals surface area contributed by atoms with Crippen LogP contribution in [0.25, 0.3) is 0 Å². The molecule has 0 radical (unpaired) electrons. The molecule has 0 saturated carbocycles.